The van der Waals surface area contributed by atoms with E-state index in [0.29, 0.717) is 6.61 Å². The van der Waals surface area contributed by atoms with E-state index in [1.807, 2.05) is 19.3 Å². The number of rotatable bonds is 6. The molecule has 15 heavy (non-hydrogen) atoms. The van der Waals surface area contributed by atoms with E-state index in [0.717, 1.165) is 25.5 Å². The Bertz CT molecular complexity index is 317. The van der Waals surface area contributed by atoms with E-state index in [9.17, 15) is 0 Å². The highest BCUT2D eigenvalue weighted by Gasteiger charge is 2.41. The highest BCUT2D eigenvalue weighted by Crippen LogP contribution is 2.44. The van der Waals surface area contributed by atoms with Crippen molar-refractivity contribution in [1.82, 2.24) is 14.9 Å². The molecule has 0 amide bonds. The minimum atomic E-state index is 0.212. The van der Waals surface area contributed by atoms with Crippen molar-refractivity contribution in [3.63, 3.8) is 0 Å². The van der Waals surface area contributed by atoms with Gasteiger partial charge >= 0.3 is 0 Å². The molecule has 1 aromatic heterocycles. The number of nitrogens with zero attached hydrogens (tertiary/aromatic N) is 2. The molecule has 0 bridgehead atoms. The van der Waals surface area contributed by atoms with Crippen LogP contribution >= 0.6 is 0 Å². The summed E-state index contributed by atoms with van der Waals surface area (Å²) in [7, 11) is 0. The van der Waals surface area contributed by atoms with Gasteiger partial charge in [-0.05, 0) is 19.8 Å². The Labute approximate surface area is 90.3 Å². The Hall–Kier alpha value is -0.870. The molecule has 0 unspecified atom stereocenters. The van der Waals surface area contributed by atoms with Gasteiger partial charge in [-0.15, -0.1) is 0 Å². The Morgan fingerprint density at radius 3 is 2.93 bits per heavy atom. The average Bonchev–Trinajstić information content (AvgIpc) is 2.92. The molecule has 4 heteroatoms. The third-order valence-electron chi connectivity index (χ3n) is 3.25. The molecule has 0 aliphatic heterocycles. The lowest BCUT2D eigenvalue weighted by atomic mass is 10.1. The maximum absolute atomic E-state index is 9.13. The maximum atomic E-state index is 9.13. The van der Waals surface area contributed by atoms with Crippen molar-refractivity contribution in [3.8, 4) is 0 Å². The minimum absolute atomic E-state index is 0.212. The molecule has 0 radical (unpaired) electrons. The fraction of sp³-hybridized carbons (Fsp3) is 0.727. The van der Waals surface area contributed by atoms with E-state index >= 15 is 0 Å². The van der Waals surface area contributed by atoms with E-state index in [4.69, 9.17) is 5.11 Å². The Morgan fingerprint density at radius 2 is 2.40 bits per heavy atom. The number of aromatic nitrogens is 2. The summed E-state index contributed by atoms with van der Waals surface area (Å²) >= 11 is 0. The normalized spacial score (nSPS) is 18.0. The summed E-state index contributed by atoms with van der Waals surface area (Å²) in [5.41, 5.74) is 0.212. The smallest absolute Gasteiger partial charge is 0.105 e. The van der Waals surface area contributed by atoms with Crippen LogP contribution in [0.5, 0.6) is 0 Å². The van der Waals surface area contributed by atoms with Crippen LogP contribution in [0, 0.1) is 12.3 Å². The van der Waals surface area contributed by atoms with Gasteiger partial charge in [0.1, 0.15) is 5.82 Å². The third kappa shape index (κ3) is 2.58. The van der Waals surface area contributed by atoms with Crippen molar-refractivity contribution in [3.05, 3.63) is 18.2 Å². The molecule has 1 fully saturated rings. The molecule has 4 nitrogen and oxygen atoms in total. The Morgan fingerprint density at radius 1 is 1.60 bits per heavy atom. The fourth-order valence-corrected chi connectivity index (χ4v) is 1.76. The van der Waals surface area contributed by atoms with Crippen molar-refractivity contribution in [2.45, 2.75) is 26.3 Å². The van der Waals surface area contributed by atoms with E-state index in [1.54, 1.807) is 0 Å². The fourth-order valence-electron chi connectivity index (χ4n) is 1.76. The molecular formula is C11H19N3O. The lowest BCUT2D eigenvalue weighted by Crippen LogP contribution is -2.29. The van der Waals surface area contributed by atoms with E-state index < -0.39 is 0 Å². The van der Waals surface area contributed by atoms with Gasteiger partial charge in [0.25, 0.3) is 0 Å². The number of imidazole rings is 1. The Balaban J connectivity index is 1.65. The summed E-state index contributed by atoms with van der Waals surface area (Å²) in [6.45, 7) is 5.17. The number of aliphatic hydroxyl groups is 1. The van der Waals surface area contributed by atoms with Crippen LogP contribution in [0.1, 0.15) is 18.7 Å². The van der Waals surface area contributed by atoms with Gasteiger partial charge in [0, 0.05) is 44.0 Å². The molecule has 1 aromatic rings. The van der Waals surface area contributed by atoms with Crippen molar-refractivity contribution in [2.75, 3.05) is 19.7 Å². The summed E-state index contributed by atoms with van der Waals surface area (Å²) in [6, 6.07) is 0. The van der Waals surface area contributed by atoms with Gasteiger partial charge in [0.15, 0.2) is 0 Å². The molecule has 0 spiro atoms. The van der Waals surface area contributed by atoms with Gasteiger partial charge in [-0.1, -0.05) is 0 Å². The zero-order chi connectivity index (χ0) is 10.7. The largest absolute Gasteiger partial charge is 0.396 e. The predicted octanol–water partition coefficient (Wildman–Crippen LogP) is 0.554. The number of nitrogens with one attached hydrogen (secondary N) is 1. The average molecular weight is 209 g/mol. The summed E-state index contributed by atoms with van der Waals surface area (Å²) in [4.78, 5) is 4.17. The zero-order valence-corrected chi connectivity index (χ0v) is 9.24. The second-order valence-corrected chi connectivity index (χ2v) is 4.50. The van der Waals surface area contributed by atoms with Crippen molar-refractivity contribution >= 4 is 0 Å². The van der Waals surface area contributed by atoms with Gasteiger partial charge in [-0.3, -0.25) is 0 Å². The number of aryl methyl sites for hydroxylation is 1. The summed E-state index contributed by atoms with van der Waals surface area (Å²) in [5, 5.41) is 12.5. The third-order valence-corrected chi connectivity index (χ3v) is 3.25. The molecule has 84 valence electrons. The quantitative estimate of drug-likeness (QED) is 0.673. The van der Waals surface area contributed by atoms with Crippen LogP contribution in [0.15, 0.2) is 12.4 Å². The number of aliphatic hydroxyl groups excluding tert-OH is 1. The van der Waals surface area contributed by atoms with Crippen LogP contribution in [0.2, 0.25) is 0 Å². The first kappa shape index (κ1) is 10.6. The van der Waals surface area contributed by atoms with E-state index in [1.165, 1.54) is 12.8 Å². The highest BCUT2D eigenvalue weighted by atomic mass is 16.3. The lowest BCUT2D eigenvalue weighted by Gasteiger charge is -2.13. The maximum Gasteiger partial charge on any atom is 0.105 e. The van der Waals surface area contributed by atoms with Crippen LogP contribution in [-0.4, -0.2) is 34.4 Å². The minimum Gasteiger partial charge on any atom is -0.396 e. The van der Waals surface area contributed by atoms with E-state index in [-0.39, 0.29) is 5.41 Å². The van der Waals surface area contributed by atoms with Gasteiger partial charge in [-0.2, -0.15) is 0 Å². The van der Waals surface area contributed by atoms with Gasteiger partial charge in [0.2, 0.25) is 0 Å². The molecule has 1 aliphatic carbocycles. The van der Waals surface area contributed by atoms with Crippen LogP contribution < -0.4 is 5.32 Å². The first-order valence-electron chi connectivity index (χ1n) is 5.55. The highest BCUT2D eigenvalue weighted by molar-refractivity contribution is 4.94. The molecule has 1 heterocycles. The number of hydrogen-bond acceptors (Lipinski definition) is 3. The van der Waals surface area contributed by atoms with Gasteiger partial charge < -0.3 is 15.0 Å². The SMILES string of the molecule is Cc1nccn1CCNCC1(CO)CC1. The first-order valence-corrected chi connectivity index (χ1v) is 5.55. The van der Waals surface area contributed by atoms with Gasteiger partial charge in [-0.25, -0.2) is 4.98 Å². The van der Waals surface area contributed by atoms with Crippen molar-refractivity contribution in [2.24, 2.45) is 5.41 Å². The Kier molecular flexibility index (Phi) is 3.07. The van der Waals surface area contributed by atoms with Crippen molar-refractivity contribution in [1.29, 1.82) is 0 Å². The number of hydrogen-bond donors (Lipinski definition) is 2. The monoisotopic (exact) mass is 209 g/mol. The summed E-state index contributed by atoms with van der Waals surface area (Å²) in [6.07, 6.45) is 6.16. The second kappa shape index (κ2) is 4.33. The lowest BCUT2D eigenvalue weighted by molar-refractivity contribution is 0.207. The van der Waals surface area contributed by atoms with Crippen LogP contribution in [-0.2, 0) is 6.54 Å². The molecule has 1 aliphatic rings. The molecule has 0 saturated heterocycles. The molecule has 2 rings (SSSR count). The van der Waals surface area contributed by atoms with Crippen LogP contribution in [0.4, 0.5) is 0 Å². The first-order chi connectivity index (χ1) is 7.26. The zero-order valence-electron chi connectivity index (χ0n) is 9.24. The molecule has 1 saturated carbocycles. The topological polar surface area (TPSA) is 50.1 Å². The molecule has 2 N–H and O–H groups in total. The van der Waals surface area contributed by atoms with E-state index in [2.05, 4.69) is 14.9 Å². The summed E-state index contributed by atoms with van der Waals surface area (Å²) in [5.74, 6) is 1.06. The van der Waals surface area contributed by atoms with Crippen molar-refractivity contribution < 1.29 is 5.11 Å². The second-order valence-electron chi connectivity index (χ2n) is 4.50. The molecular weight excluding hydrogens is 190 g/mol. The summed E-state index contributed by atoms with van der Waals surface area (Å²) < 4.78 is 2.13. The standard InChI is InChI=1S/C11H19N3O/c1-10-13-5-7-14(10)6-4-12-8-11(9-15)2-3-11/h5,7,12,15H,2-4,6,8-9H2,1H3. The van der Waals surface area contributed by atoms with Crippen LogP contribution in [0.3, 0.4) is 0 Å². The predicted molar refractivity (Wildman–Crippen MR) is 58.6 cm³/mol. The molecule has 0 atom stereocenters. The van der Waals surface area contributed by atoms with Gasteiger partial charge in [0.05, 0.1) is 0 Å². The molecule has 0 aromatic carbocycles. The van der Waals surface area contributed by atoms with Crippen LogP contribution in [0.25, 0.3) is 0 Å².